The molecule has 8 aromatic rings. The Kier molecular flexibility index (Phi) is 34.7. The van der Waals surface area contributed by atoms with E-state index in [2.05, 4.69) is 85.1 Å². The van der Waals surface area contributed by atoms with E-state index in [4.69, 9.17) is 92.5 Å². The van der Waals surface area contributed by atoms with Crippen molar-refractivity contribution in [3.63, 3.8) is 0 Å². The van der Waals surface area contributed by atoms with Crippen molar-refractivity contribution in [2.75, 3.05) is 19.6 Å². The molecule has 11 rings (SSSR count). The third-order valence-corrected chi connectivity index (χ3v) is 18.9. The highest BCUT2D eigenvalue weighted by molar-refractivity contribution is 6.32. The van der Waals surface area contributed by atoms with Crippen LogP contribution in [0.25, 0.3) is 0 Å². The van der Waals surface area contributed by atoms with Crippen molar-refractivity contribution in [1.29, 1.82) is 0 Å². The fourth-order valence-electron chi connectivity index (χ4n) is 11.0. The summed E-state index contributed by atoms with van der Waals surface area (Å²) in [5, 5.41) is 2.31. The number of nitrogens with zero attached hydrogens (tertiary/aromatic N) is 19. The number of aromatic nitrogens is 8. The van der Waals surface area contributed by atoms with E-state index in [1.807, 2.05) is 0 Å². The highest BCUT2D eigenvalue weighted by Crippen LogP contribution is 2.40. The summed E-state index contributed by atoms with van der Waals surface area (Å²) in [5.41, 5.74) is 17.3. The number of halogens is 19. The number of carbonyl (C=O) groups excluding carboxylic acids is 4. The Balaban J connectivity index is 0.000000207. The minimum atomic E-state index is -4.67. The van der Waals surface area contributed by atoms with Gasteiger partial charge in [0.1, 0.15) is 0 Å². The predicted molar refractivity (Wildman–Crippen MR) is 449 cm³/mol. The Labute approximate surface area is 734 Å². The second-order valence-corrected chi connectivity index (χ2v) is 30.5. The van der Waals surface area contributed by atoms with Gasteiger partial charge in [-0.3, -0.25) is 19.2 Å². The summed E-state index contributed by atoms with van der Waals surface area (Å²) in [6, 6.07) is 9.31. The Hall–Kier alpha value is -11.5. The van der Waals surface area contributed by atoms with Crippen molar-refractivity contribution in [2.24, 2.45) is 80.6 Å². The molecule has 4 heterocycles. The monoisotopic (exact) mass is 1870 g/mol. The van der Waals surface area contributed by atoms with Crippen LogP contribution in [0.15, 0.2) is 168 Å². The second kappa shape index (κ2) is 43.9. The van der Waals surface area contributed by atoms with Crippen molar-refractivity contribution >= 4 is 165 Å². The fraction of sp³-hybridized carbons (Fsp3) is 0.333. The molecule has 4 aromatic heterocycles. The van der Waals surface area contributed by atoms with Crippen LogP contribution < -0.4 is 28.3 Å². The minimum absolute atomic E-state index is 0.0442. The van der Waals surface area contributed by atoms with E-state index in [1.54, 1.807) is 33.8 Å². The maximum atomic E-state index is 13.4. The van der Waals surface area contributed by atoms with Crippen LogP contribution in [-0.2, 0) is 24.7 Å². The van der Waals surface area contributed by atoms with E-state index in [0.717, 1.165) is 112 Å². The first kappa shape index (κ1) is 98.9. The molecule has 47 heteroatoms. The van der Waals surface area contributed by atoms with Gasteiger partial charge in [0.2, 0.25) is 0 Å². The number of nitrogens with one attached hydrogen (secondary N) is 1. The van der Waals surface area contributed by atoms with Crippen LogP contribution in [0, 0.1) is 23.6 Å². The molecule has 0 spiro atoms. The summed E-state index contributed by atoms with van der Waals surface area (Å²) in [7, 11) is 0. The molecule has 125 heavy (non-hydrogen) atoms. The number of amidine groups is 6. The van der Waals surface area contributed by atoms with Crippen LogP contribution in [0.2, 0.25) is 30.1 Å². The third-order valence-electron chi connectivity index (χ3n) is 17.6. The predicted octanol–water partition coefficient (Wildman–Crippen LogP) is 17.5. The van der Waals surface area contributed by atoms with Crippen LogP contribution in [0.3, 0.4) is 0 Å². The van der Waals surface area contributed by atoms with Crippen LogP contribution in [-0.4, -0.2) is 170 Å². The molecule has 4 atom stereocenters. The summed E-state index contributed by atoms with van der Waals surface area (Å²) in [5.74, 6) is -1.98. The zero-order valence-corrected chi connectivity index (χ0v) is 70.8. The molecule has 3 aliphatic carbocycles. The lowest BCUT2D eigenvalue weighted by Gasteiger charge is -2.29. The molecule has 3 saturated carbocycles. The molecule has 0 aliphatic heterocycles. The van der Waals surface area contributed by atoms with E-state index < -0.39 is 101 Å². The molecule has 9 N–H and O–H groups in total. The van der Waals surface area contributed by atoms with Crippen molar-refractivity contribution in [1.82, 2.24) is 59.9 Å². The van der Waals surface area contributed by atoms with Crippen molar-refractivity contribution in [3.05, 3.63) is 209 Å². The number of hydrogen-bond acceptors (Lipinski definition) is 16. The lowest BCUT2D eigenvalue weighted by Crippen LogP contribution is -2.44. The zero-order valence-electron chi connectivity index (χ0n) is 66.3. The summed E-state index contributed by atoms with van der Waals surface area (Å²) >= 11 is 34.9. The van der Waals surface area contributed by atoms with Crippen molar-refractivity contribution in [3.8, 4) is 0 Å². The first-order valence-corrected chi connectivity index (χ1v) is 39.3. The lowest BCUT2D eigenvalue weighted by molar-refractivity contribution is -0.138. The number of aliphatic imine (C=N–C) groups is 8. The van der Waals surface area contributed by atoms with Gasteiger partial charge in [-0.25, -0.2) is 64.2 Å². The number of rotatable bonds is 22. The molecule has 664 valence electrons. The molecule has 3 aliphatic rings. The zero-order chi connectivity index (χ0) is 92.2. The van der Waals surface area contributed by atoms with Gasteiger partial charge in [-0.15, -0.1) is 0 Å². The van der Waals surface area contributed by atoms with E-state index in [-0.39, 0.29) is 125 Å². The second-order valence-electron chi connectivity index (χ2n) is 27.9. The van der Waals surface area contributed by atoms with Crippen LogP contribution in [0.1, 0.15) is 144 Å². The van der Waals surface area contributed by atoms with Gasteiger partial charge in [-0.05, 0) is 177 Å². The Morgan fingerprint density at radius 2 is 0.688 bits per heavy atom. The SMILES string of the molecule is CC(C(N=CN)=Nc1ncc(Cl)cn1)N(CC1CC1)C(=O)c1cc(Cl)cc(C(F)(F)F)c1.CC(N)=NC(=Nc1ncc(Cl)cn1)C(C)N(CC1CC1)C(=O)c1cc(Cl)cc(C(F)(F)F)c1.CC(N)=NC(=Nc1ncc(F)cn1)C(C)N(CC1CC1)C(=O)c1cc(Cl)cc(C(F)(F)F)c1.CC(NC(=O)c1cc(Cl)cc(C(F)(F)F)c1)C(N=CN)=Nc1ncccn1. The molecule has 4 amide bonds. The number of carbonyl (C=O) groups is 4. The lowest BCUT2D eigenvalue weighted by atomic mass is 10.1. The quantitative estimate of drug-likeness (QED) is 0.0239. The first-order chi connectivity index (χ1) is 58.6. The van der Waals surface area contributed by atoms with E-state index in [0.29, 0.717) is 29.2 Å². The number of amides is 4. The molecule has 28 nitrogen and oxygen atoms in total. The first-order valence-electron chi connectivity index (χ1n) is 37.1. The fourth-order valence-corrected chi connectivity index (χ4v) is 12.2. The van der Waals surface area contributed by atoms with Gasteiger partial charge in [0.15, 0.2) is 29.2 Å². The standard InChI is InChI=1S/C21H21Cl2F3N6O.C21H21ClF4N6O.C20H19Cl2F3N6O.C16H14ClF3N6O/c2*1-11(18(30-12(2)27)31-20-28-8-17(23)9-29-20)32(10-13-3-4-13)19(33)14-5-15(21(24,25)26)7-16(22)6-14;1-11(17(29-10-26)30-19-27-7-16(22)8-28-19)31(9-12-2-3-12)18(32)13-4-14(20(23,24)25)6-15(21)5-13;1-9(13(24-8-21)26-15-22-3-2-4-23-15)25-14(27)10-5-11(16(18,19)20)7-12(17)6-10/h2*5-9,11,13H,3-4,10H2,1-2H3,(H2,27,28,29,30,31);4-8,10-12H,2-3,9H2,1H3,(H2,26,27,28,29,30);2-9H,1H3,(H,25,27)(H2,21,22,23,24,26). The van der Waals surface area contributed by atoms with Crippen molar-refractivity contribution < 1.29 is 76.3 Å². The smallest absolute Gasteiger partial charge is 0.390 e. The van der Waals surface area contributed by atoms with Gasteiger partial charge in [0.25, 0.3) is 47.4 Å². The van der Waals surface area contributed by atoms with E-state index in [9.17, 15) is 76.3 Å². The highest BCUT2D eigenvalue weighted by atomic mass is 35.5. The average Bonchev–Trinajstić information content (AvgIpc) is 1.80. The highest BCUT2D eigenvalue weighted by Gasteiger charge is 2.40. The van der Waals surface area contributed by atoms with Gasteiger partial charge in [0, 0.05) is 74.4 Å². The molecule has 0 radical (unpaired) electrons. The van der Waals surface area contributed by atoms with Gasteiger partial charge < -0.3 is 43.0 Å². The average molecular weight is 1870 g/mol. The third kappa shape index (κ3) is 31.3. The number of benzene rings is 4. The van der Waals surface area contributed by atoms with Gasteiger partial charge in [-0.1, -0.05) is 69.6 Å². The van der Waals surface area contributed by atoms with Gasteiger partial charge in [0.05, 0.1) is 118 Å². The van der Waals surface area contributed by atoms with E-state index in [1.165, 1.54) is 83.9 Å². The molecule has 4 aromatic carbocycles. The Bertz CT molecular complexity index is 5210. The molecule has 0 saturated heterocycles. The van der Waals surface area contributed by atoms with Gasteiger partial charge >= 0.3 is 24.7 Å². The Morgan fingerprint density at radius 3 is 0.992 bits per heavy atom. The molecule has 0 bridgehead atoms. The molecular formula is C78H75Cl6F13N24O4. The summed E-state index contributed by atoms with van der Waals surface area (Å²) in [6.45, 7) is 10.4. The van der Waals surface area contributed by atoms with Crippen LogP contribution in [0.5, 0.6) is 0 Å². The van der Waals surface area contributed by atoms with Crippen LogP contribution in [0.4, 0.5) is 80.9 Å². The topological polar surface area (TPSA) is 396 Å². The molecule has 3 fully saturated rings. The normalized spacial score (nSPS) is 15.4. The number of alkyl halides is 12. The maximum absolute atomic E-state index is 13.4. The van der Waals surface area contributed by atoms with E-state index >= 15 is 0 Å². The molecule has 4 unspecified atom stereocenters. The number of nitrogens with two attached hydrogens (primary N) is 4. The van der Waals surface area contributed by atoms with Crippen molar-refractivity contribution in [2.45, 2.75) is 129 Å². The Morgan fingerprint density at radius 1 is 0.416 bits per heavy atom. The summed E-state index contributed by atoms with van der Waals surface area (Å²) in [4.78, 5) is 121. The minimum Gasteiger partial charge on any atom is -0.390 e. The number of hydrogen-bond donors (Lipinski definition) is 5. The van der Waals surface area contributed by atoms with Crippen LogP contribution >= 0.6 is 69.6 Å². The maximum Gasteiger partial charge on any atom is 0.416 e. The largest absolute Gasteiger partial charge is 0.416 e. The molecular weight excluding hydrogens is 1800 g/mol. The summed E-state index contributed by atoms with van der Waals surface area (Å²) in [6.07, 6.45) is -1.05. The van der Waals surface area contributed by atoms with Gasteiger partial charge in [-0.2, -0.15) is 72.7 Å². The summed E-state index contributed by atoms with van der Waals surface area (Å²) < 4.78 is 171.